The van der Waals surface area contributed by atoms with E-state index in [2.05, 4.69) is 5.32 Å². The molecule has 0 aromatic heterocycles. The van der Waals surface area contributed by atoms with Crippen molar-refractivity contribution < 1.29 is 27.5 Å². The normalized spacial score (nSPS) is 15.1. The van der Waals surface area contributed by atoms with Crippen LogP contribution >= 0.6 is 12.4 Å². The molecule has 0 radical (unpaired) electrons. The van der Waals surface area contributed by atoms with Crippen LogP contribution in [0.4, 0.5) is 0 Å². The fourth-order valence-corrected chi connectivity index (χ4v) is 3.57. The van der Waals surface area contributed by atoms with Crippen LogP contribution in [0.25, 0.3) is 0 Å². The second-order valence-corrected chi connectivity index (χ2v) is 10.8. The Morgan fingerprint density at radius 3 is 2.24 bits per heavy atom. The maximum Gasteiger partial charge on any atom is 0.328 e. The van der Waals surface area contributed by atoms with E-state index >= 15 is 0 Å². The number of sulfone groups is 1. The van der Waals surface area contributed by atoms with Crippen LogP contribution in [0, 0.1) is 5.92 Å². The smallest absolute Gasteiger partial charge is 0.328 e. The van der Waals surface area contributed by atoms with Crippen molar-refractivity contribution in [2.45, 2.75) is 71.2 Å². The van der Waals surface area contributed by atoms with Crippen molar-refractivity contribution in [3.63, 3.8) is 0 Å². The summed E-state index contributed by atoms with van der Waals surface area (Å²) < 4.78 is 34.3. The molecule has 4 atom stereocenters. The van der Waals surface area contributed by atoms with E-state index in [0.29, 0.717) is 0 Å². The van der Waals surface area contributed by atoms with Crippen LogP contribution in [0.5, 0.6) is 0 Å². The van der Waals surface area contributed by atoms with E-state index in [0.717, 1.165) is 18.2 Å². The molecule has 1 amide bonds. The summed E-state index contributed by atoms with van der Waals surface area (Å²) in [6.45, 7) is 7.61. The third-order valence-electron chi connectivity index (χ3n) is 5.15. The van der Waals surface area contributed by atoms with Crippen LogP contribution in [0.2, 0.25) is 0 Å². The van der Waals surface area contributed by atoms with Crippen molar-refractivity contribution in [1.29, 1.82) is 0 Å². The van der Waals surface area contributed by atoms with Crippen molar-refractivity contribution in [2.75, 3.05) is 18.6 Å². The van der Waals surface area contributed by atoms with Crippen molar-refractivity contribution in [1.82, 2.24) is 5.32 Å². The molecule has 0 heterocycles. The lowest BCUT2D eigenvalue weighted by Gasteiger charge is -2.25. The van der Waals surface area contributed by atoms with Gasteiger partial charge in [-0.25, -0.2) is 13.2 Å². The molecule has 0 fully saturated rings. The second kappa shape index (κ2) is 15.3. The topological polar surface area (TPSA) is 125 Å². The summed E-state index contributed by atoms with van der Waals surface area (Å²) in [5, 5.41) is 2.64. The number of carbonyl (C=O) groups is 2. The third-order valence-corrected chi connectivity index (χ3v) is 6.13. The summed E-state index contributed by atoms with van der Waals surface area (Å²) in [6.07, 6.45) is 0.884. The summed E-state index contributed by atoms with van der Waals surface area (Å²) in [7, 11) is -3.33. The van der Waals surface area contributed by atoms with Crippen LogP contribution in [-0.4, -0.2) is 63.2 Å². The molecule has 1 aromatic rings. The average molecular weight is 507 g/mol. The first-order chi connectivity index (χ1) is 14.9. The number of hydrogen-bond donors (Lipinski definition) is 2. The number of carbonyl (C=O) groups excluding carboxylic acids is 2. The second-order valence-electron chi connectivity index (χ2n) is 8.53. The first-order valence-electron chi connectivity index (χ1n) is 11.0. The van der Waals surface area contributed by atoms with Crippen molar-refractivity contribution in [3.8, 4) is 0 Å². The first-order valence-corrected chi connectivity index (χ1v) is 13.1. The fourth-order valence-electron chi connectivity index (χ4n) is 2.91. The maximum absolute atomic E-state index is 13.1. The Morgan fingerprint density at radius 1 is 1.12 bits per heavy atom. The zero-order valence-corrected chi connectivity index (χ0v) is 21.8. The van der Waals surface area contributed by atoms with Gasteiger partial charge in [0.15, 0.2) is 0 Å². The van der Waals surface area contributed by atoms with E-state index in [9.17, 15) is 18.0 Å². The molecule has 0 aliphatic carbocycles. The Hall–Kier alpha value is -1.68. The highest BCUT2D eigenvalue weighted by molar-refractivity contribution is 7.90. The summed E-state index contributed by atoms with van der Waals surface area (Å²) >= 11 is 0. The first kappa shape index (κ1) is 31.3. The molecule has 10 heteroatoms. The molecule has 0 bridgehead atoms. The lowest BCUT2D eigenvalue weighted by Crippen LogP contribution is -2.49. The molecule has 190 valence electrons. The Kier molecular flexibility index (Phi) is 14.5. The van der Waals surface area contributed by atoms with Crippen LogP contribution < -0.4 is 11.1 Å². The van der Waals surface area contributed by atoms with Gasteiger partial charge in [-0.15, -0.1) is 12.4 Å². The molecule has 0 saturated carbocycles. The minimum Gasteiger partial charge on any atom is -0.461 e. The van der Waals surface area contributed by atoms with Gasteiger partial charge in [-0.05, 0) is 31.7 Å². The molecular weight excluding hydrogens is 468 g/mol. The largest absolute Gasteiger partial charge is 0.461 e. The van der Waals surface area contributed by atoms with Gasteiger partial charge in [-0.2, -0.15) is 0 Å². The minimum absolute atomic E-state index is 0. The number of hydrogen-bond acceptors (Lipinski definition) is 7. The lowest BCUT2D eigenvalue weighted by molar-refractivity contribution is -0.152. The standard InChI is InChI=1S/C23H38N2O6S.ClH/c1-6-17(4)19(24)15-30-21(14-18-10-8-7-9-11-18)22(26)25-20(12-13-32(5,28)29)23(27)31-16(2)3;/h7-11,16-17,19-21H,6,12-15,24H2,1-5H3,(H,25,26);1H. The van der Waals surface area contributed by atoms with Crippen molar-refractivity contribution in [3.05, 3.63) is 35.9 Å². The van der Waals surface area contributed by atoms with Crippen molar-refractivity contribution in [2.24, 2.45) is 11.7 Å². The van der Waals surface area contributed by atoms with E-state index in [-0.39, 0.29) is 49.6 Å². The molecule has 1 aromatic carbocycles. The Labute approximate surface area is 204 Å². The quantitative estimate of drug-likeness (QED) is 0.371. The Bertz CT molecular complexity index is 820. The number of amides is 1. The van der Waals surface area contributed by atoms with Crippen molar-refractivity contribution >= 4 is 34.1 Å². The van der Waals surface area contributed by atoms with E-state index in [1.165, 1.54) is 0 Å². The molecule has 8 nitrogen and oxygen atoms in total. The van der Waals surface area contributed by atoms with E-state index in [1.807, 2.05) is 44.2 Å². The van der Waals surface area contributed by atoms with Crippen LogP contribution in [-0.2, 0) is 35.3 Å². The molecule has 0 saturated heterocycles. The minimum atomic E-state index is -3.33. The van der Waals surface area contributed by atoms with Gasteiger partial charge < -0.3 is 20.5 Å². The zero-order valence-electron chi connectivity index (χ0n) is 20.2. The number of rotatable bonds is 14. The van der Waals surface area contributed by atoms with Crippen LogP contribution in [0.15, 0.2) is 30.3 Å². The zero-order chi connectivity index (χ0) is 24.3. The number of ether oxygens (including phenoxy) is 2. The molecule has 1 rings (SSSR count). The van der Waals surface area contributed by atoms with Gasteiger partial charge in [0.1, 0.15) is 22.0 Å². The van der Waals surface area contributed by atoms with Crippen LogP contribution in [0.3, 0.4) is 0 Å². The highest BCUT2D eigenvalue weighted by Gasteiger charge is 2.29. The van der Waals surface area contributed by atoms with Gasteiger partial charge in [-0.1, -0.05) is 50.6 Å². The van der Waals surface area contributed by atoms with Gasteiger partial charge >= 0.3 is 5.97 Å². The van der Waals surface area contributed by atoms with Gasteiger partial charge in [0.2, 0.25) is 5.91 Å². The third kappa shape index (κ3) is 13.0. The number of esters is 1. The Morgan fingerprint density at radius 2 is 1.73 bits per heavy atom. The Balaban J connectivity index is 0.0000102. The highest BCUT2D eigenvalue weighted by atomic mass is 35.5. The molecule has 0 aliphatic heterocycles. The molecule has 4 unspecified atom stereocenters. The number of halogens is 1. The van der Waals surface area contributed by atoms with E-state index in [4.69, 9.17) is 15.2 Å². The maximum atomic E-state index is 13.1. The number of benzene rings is 1. The van der Waals surface area contributed by atoms with Gasteiger partial charge in [0.25, 0.3) is 0 Å². The fraction of sp³-hybridized carbons (Fsp3) is 0.652. The molecule has 3 N–H and O–H groups in total. The predicted octanol–water partition coefficient (Wildman–Crippen LogP) is 2.28. The molecular formula is C23H39ClN2O6S. The SMILES string of the molecule is CCC(C)C(N)COC(Cc1ccccc1)C(=O)NC(CCS(C)(=O)=O)C(=O)OC(C)C.Cl. The number of nitrogens with two attached hydrogens (primary N) is 1. The summed E-state index contributed by atoms with van der Waals surface area (Å²) in [5.74, 6) is -1.22. The van der Waals surface area contributed by atoms with E-state index in [1.54, 1.807) is 13.8 Å². The monoisotopic (exact) mass is 506 g/mol. The van der Waals surface area contributed by atoms with Crippen LogP contribution in [0.1, 0.15) is 46.1 Å². The highest BCUT2D eigenvalue weighted by Crippen LogP contribution is 2.12. The molecule has 0 aliphatic rings. The molecule has 33 heavy (non-hydrogen) atoms. The van der Waals surface area contributed by atoms with Gasteiger partial charge in [0.05, 0.1) is 18.5 Å². The van der Waals surface area contributed by atoms with Gasteiger partial charge in [0, 0.05) is 18.7 Å². The van der Waals surface area contributed by atoms with Gasteiger partial charge in [-0.3, -0.25) is 4.79 Å². The lowest BCUT2D eigenvalue weighted by atomic mass is 10.0. The molecule has 0 spiro atoms. The summed E-state index contributed by atoms with van der Waals surface area (Å²) in [5.41, 5.74) is 7.06. The predicted molar refractivity (Wildman–Crippen MR) is 132 cm³/mol. The van der Waals surface area contributed by atoms with E-state index < -0.39 is 40.0 Å². The summed E-state index contributed by atoms with van der Waals surface area (Å²) in [6, 6.07) is 8.04. The number of nitrogens with one attached hydrogen (secondary N) is 1. The summed E-state index contributed by atoms with van der Waals surface area (Å²) in [4.78, 5) is 25.6. The average Bonchev–Trinajstić information content (AvgIpc) is 2.72.